The predicted molar refractivity (Wildman–Crippen MR) is 226 cm³/mol. The minimum absolute atomic E-state index is 0.663. The average Bonchev–Trinajstić information content (AvgIpc) is 3.69. The average molecular weight is 701 g/mol. The summed E-state index contributed by atoms with van der Waals surface area (Å²) in [4.78, 5) is 1.75. The van der Waals surface area contributed by atoms with Crippen LogP contribution >= 0.6 is 0 Å². The molecule has 0 aliphatic rings. The van der Waals surface area contributed by atoms with Crippen LogP contribution in [0.15, 0.2) is 194 Å². The summed E-state index contributed by atoms with van der Waals surface area (Å²) in [7, 11) is 0. The van der Waals surface area contributed by atoms with Gasteiger partial charge in [-0.3, -0.25) is 0 Å². The van der Waals surface area contributed by atoms with Crippen molar-refractivity contribution < 1.29 is 0 Å². The van der Waals surface area contributed by atoms with Crippen molar-refractivity contribution in [1.82, 2.24) is 15.0 Å². The molecular weight excluding hydrogens is 669 g/mol. The Morgan fingerprint density at radius 2 is 0.800 bits per heavy atom. The third-order valence-electron chi connectivity index (χ3n) is 10.5. The molecule has 0 saturated heterocycles. The summed E-state index contributed by atoms with van der Waals surface area (Å²) in [5.74, 6) is 0. The predicted octanol–water partition coefficient (Wildman–Crippen LogP) is 12.9. The molecule has 0 unspecified atom stereocenters. The number of nitrogens with zero attached hydrogens (tertiary/aromatic N) is 4. The van der Waals surface area contributed by atoms with E-state index in [1.807, 2.05) is 30.3 Å². The highest BCUT2D eigenvalue weighted by Gasteiger charge is 2.15. The van der Waals surface area contributed by atoms with Gasteiger partial charge in [0.05, 0.1) is 17.3 Å². The molecule has 10 aromatic rings. The molecule has 0 amide bonds. The van der Waals surface area contributed by atoms with Crippen molar-refractivity contribution in [2.75, 3.05) is 0 Å². The van der Waals surface area contributed by atoms with Gasteiger partial charge >= 0.3 is 0 Å². The topological polar surface area (TPSA) is 54.5 Å². The van der Waals surface area contributed by atoms with Crippen LogP contribution in [-0.4, -0.2) is 15.0 Å². The van der Waals surface area contributed by atoms with Gasteiger partial charge in [0.25, 0.3) is 0 Å². The number of aromatic nitrogens is 3. The molecule has 0 aliphatic carbocycles. The van der Waals surface area contributed by atoms with Gasteiger partial charge in [-0.05, 0) is 120 Å². The molecule has 1 heterocycles. The molecular formula is C51H32N4. The smallest absolute Gasteiger partial charge is 0.114 e. The molecule has 256 valence electrons. The van der Waals surface area contributed by atoms with Gasteiger partial charge in [0.15, 0.2) is 0 Å². The molecule has 0 radical (unpaired) electrons. The van der Waals surface area contributed by atoms with E-state index in [-0.39, 0.29) is 0 Å². The first-order valence-electron chi connectivity index (χ1n) is 18.4. The van der Waals surface area contributed by atoms with Crippen LogP contribution in [0.4, 0.5) is 0 Å². The van der Waals surface area contributed by atoms with E-state index >= 15 is 0 Å². The van der Waals surface area contributed by atoms with Gasteiger partial charge in [-0.15, -0.1) is 10.2 Å². The summed E-state index contributed by atoms with van der Waals surface area (Å²) in [6.07, 6.45) is 0. The lowest BCUT2D eigenvalue weighted by molar-refractivity contribution is 0.766. The summed E-state index contributed by atoms with van der Waals surface area (Å²) < 4.78 is 0. The van der Waals surface area contributed by atoms with E-state index < -0.39 is 0 Å². The molecule has 10 rings (SSSR count). The lowest BCUT2D eigenvalue weighted by atomic mass is 9.92. The quantitative estimate of drug-likeness (QED) is 0.162. The van der Waals surface area contributed by atoms with Crippen molar-refractivity contribution in [2.24, 2.45) is 0 Å². The van der Waals surface area contributed by atoms with Gasteiger partial charge in [-0.2, -0.15) is 10.1 Å². The fraction of sp³-hybridized carbons (Fsp3) is 0. The van der Waals surface area contributed by atoms with Crippen molar-refractivity contribution in [3.63, 3.8) is 0 Å². The zero-order chi connectivity index (χ0) is 36.7. The monoisotopic (exact) mass is 700 g/mol. The second kappa shape index (κ2) is 13.4. The maximum atomic E-state index is 9.14. The van der Waals surface area contributed by atoms with E-state index in [0.717, 1.165) is 66.8 Å². The first kappa shape index (κ1) is 32.1. The molecule has 4 nitrogen and oxygen atoms in total. The molecule has 0 spiro atoms. The van der Waals surface area contributed by atoms with E-state index in [1.54, 1.807) is 4.80 Å². The van der Waals surface area contributed by atoms with Crippen LogP contribution in [0.5, 0.6) is 0 Å². The highest BCUT2D eigenvalue weighted by molar-refractivity contribution is 6.13. The minimum atomic E-state index is 0.663. The van der Waals surface area contributed by atoms with E-state index in [0.29, 0.717) is 5.56 Å². The third-order valence-corrected chi connectivity index (χ3v) is 10.5. The maximum absolute atomic E-state index is 9.14. The Morgan fingerprint density at radius 1 is 0.364 bits per heavy atom. The molecule has 0 bridgehead atoms. The van der Waals surface area contributed by atoms with Gasteiger partial charge in [-0.25, -0.2) is 0 Å². The lowest BCUT2D eigenvalue weighted by Crippen LogP contribution is -1.98. The van der Waals surface area contributed by atoms with Crippen LogP contribution in [0.1, 0.15) is 5.56 Å². The van der Waals surface area contributed by atoms with Gasteiger partial charge in [-0.1, -0.05) is 152 Å². The van der Waals surface area contributed by atoms with E-state index in [1.165, 1.54) is 27.1 Å². The van der Waals surface area contributed by atoms with Crippen LogP contribution < -0.4 is 0 Å². The van der Waals surface area contributed by atoms with Crippen LogP contribution in [0.3, 0.4) is 0 Å². The molecule has 9 aromatic carbocycles. The zero-order valence-electron chi connectivity index (χ0n) is 29.8. The van der Waals surface area contributed by atoms with Crippen molar-refractivity contribution >= 4 is 32.6 Å². The lowest BCUT2D eigenvalue weighted by Gasteiger charge is -2.11. The van der Waals surface area contributed by atoms with Crippen molar-refractivity contribution in [3.8, 4) is 67.4 Å². The summed E-state index contributed by atoms with van der Waals surface area (Å²) in [5.41, 5.74) is 14.6. The fourth-order valence-electron chi connectivity index (χ4n) is 7.68. The SMILES string of the molecule is N#Cc1ccc(-c2ccc(-c3ccc(-c4cc5nn(-c6ccc(-c7cc8ccccc8c8ccccc78)cc6)nc5cc4-c4ccccc4)cc3)cc2)cc1. The molecule has 0 fully saturated rings. The second-order valence-corrected chi connectivity index (χ2v) is 13.8. The Bertz CT molecular complexity index is 3040. The fourth-order valence-corrected chi connectivity index (χ4v) is 7.68. The van der Waals surface area contributed by atoms with Crippen molar-refractivity contribution in [1.29, 1.82) is 5.26 Å². The Kier molecular flexibility index (Phi) is 7.83. The van der Waals surface area contributed by atoms with Crippen molar-refractivity contribution in [3.05, 3.63) is 200 Å². The number of hydrogen-bond acceptors (Lipinski definition) is 3. The Labute approximate surface area is 318 Å². The summed E-state index contributed by atoms with van der Waals surface area (Å²) >= 11 is 0. The van der Waals surface area contributed by atoms with Gasteiger partial charge < -0.3 is 0 Å². The van der Waals surface area contributed by atoms with Crippen LogP contribution in [0.25, 0.3) is 93.9 Å². The van der Waals surface area contributed by atoms with Crippen molar-refractivity contribution in [2.45, 2.75) is 0 Å². The zero-order valence-corrected chi connectivity index (χ0v) is 29.8. The normalized spacial score (nSPS) is 11.3. The molecule has 0 aliphatic heterocycles. The molecule has 55 heavy (non-hydrogen) atoms. The highest BCUT2D eigenvalue weighted by Crippen LogP contribution is 2.38. The van der Waals surface area contributed by atoms with Crippen LogP contribution in [-0.2, 0) is 0 Å². The first-order chi connectivity index (χ1) is 27.2. The van der Waals surface area contributed by atoms with E-state index in [2.05, 4.69) is 170 Å². The number of rotatable bonds is 6. The molecule has 0 atom stereocenters. The first-order valence-corrected chi connectivity index (χ1v) is 18.4. The largest absolute Gasteiger partial charge is 0.192 e. The number of hydrogen-bond donors (Lipinski definition) is 0. The highest BCUT2D eigenvalue weighted by atomic mass is 15.5. The van der Waals surface area contributed by atoms with Crippen LogP contribution in [0.2, 0.25) is 0 Å². The van der Waals surface area contributed by atoms with Crippen LogP contribution in [0, 0.1) is 11.3 Å². The minimum Gasteiger partial charge on any atom is -0.192 e. The molecule has 4 heteroatoms. The maximum Gasteiger partial charge on any atom is 0.114 e. The van der Waals surface area contributed by atoms with Gasteiger partial charge in [0, 0.05) is 0 Å². The Hall–Kier alpha value is -7.61. The molecule has 0 N–H and O–H groups in total. The van der Waals surface area contributed by atoms with Gasteiger partial charge in [0.1, 0.15) is 11.0 Å². The van der Waals surface area contributed by atoms with Gasteiger partial charge in [0.2, 0.25) is 0 Å². The number of nitriles is 1. The standard InChI is InChI=1S/C51H32N4/c52-33-34-14-16-35(17-15-34)36-18-20-37(21-19-36)38-22-24-40(25-23-38)49-32-51-50(31-48(49)39-8-2-1-3-9-39)53-55(54-51)43-28-26-41(27-29-43)47-30-42-10-4-5-11-44(42)45-12-6-7-13-46(45)47/h1-32H. The number of benzene rings is 9. The molecule has 0 saturated carbocycles. The summed E-state index contributed by atoms with van der Waals surface area (Å²) in [6, 6.07) is 70.1. The van der Waals surface area contributed by atoms with E-state index in [4.69, 9.17) is 15.5 Å². The molecule has 1 aromatic heterocycles. The summed E-state index contributed by atoms with van der Waals surface area (Å²) in [5, 5.41) is 24.1. The second-order valence-electron chi connectivity index (χ2n) is 13.8. The summed E-state index contributed by atoms with van der Waals surface area (Å²) in [6.45, 7) is 0. The van der Waals surface area contributed by atoms with E-state index in [9.17, 15) is 0 Å². The number of fused-ring (bicyclic) bond motifs is 4. The third kappa shape index (κ3) is 5.91. The Morgan fingerprint density at radius 3 is 1.38 bits per heavy atom. The Balaban J connectivity index is 0.985.